The van der Waals surface area contributed by atoms with E-state index in [0.717, 1.165) is 34.1 Å². The largest absolute Gasteiger partial charge is 0.494 e. The highest BCUT2D eigenvalue weighted by Gasteiger charge is 2.42. The van der Waals surface area contributed by atoms with Crippen LogP contribution in [0.3, 0.4) is 0 Å². The van der Waals surface area contributed by atoms with E-state index in [1.165, 1.54) is 14.1 Å². The van der Waals surface area contributed by atoms with Crippen LogP contribution < -0.4 is 27.2 Å². The van der Waals surface area contributed by atoms with E-state index in [9.17, 15) is 29.1 Å². The average molecular weight is 630 g/mol. The number of ketones is 1. The zero-order chi connectivity index (χ0) is 31.2. The standard InChI is InChI=1S/C27H43N5O10S/c1-31-24(35)22(25(36)32(2)27(31)38)19(33)7-9-39-11-13-41-15-16-42-14-12-40-10-8-28-21(34)6-4-3-5-20-23-18(17-43-20)29-26(37)30-23/h18,20,23,35H,3-17H2,1-2H3,(H,28,34)(H2,29,30,37)/t18-,20-,23-/m0/s1. The van der Waals surface area contributed by atoms with Crippen molar-refractivity contribution in [1.29, 1.82) is 0 Å². The first-order chi connectivity index (χ1) is 20.7. The second-order valence-corrected chi connectivity index (χ2v) is 11.5. The molecular formula is C27H43N5O10S. The molecule has 1 aromatic rings. The number of nitrogens with zero attached hydrogens (tertiary/aromatic N) is 2. The highest BCUT2D eigenvalue weighted by Crippen LogP contribution is 2.33. The molecule has 0 radical (unpaired) electrons. The van der Waals surface area contributed by atoms with Crippen LogP contribution in [0, 0.1) is 0 Å². The normalized spacial score (nSPS) is 19.2. The molecule has 3 rings (SSSR count). The molecule has 2 fully saturated rings. The van der Waals surface area contributed by atoms with Gasteiger partial charge in [0.25, 0.3) is 5.56 Å². The van der Waals surface area contributed by atoms with Gasteiger partial charge in [0.05, 0.1) is 64.9 Å². The lowest BCUT2D eigenvalue weighted by Crippen LogP contribution is -2.40. The fourth-order valence-electron chi connectivity index (χ4n) is 4.75. The van der Waals surface area contributed by atoms with Gasteiger partial charge in [-0.05, 0) is 12.8 Å². The Hall–Kier alpha value is -2.92. The summed E-state index contributed by atoms with van der Waals surface area (Å²) in [7, 11) is 2.51. The molecule has 0 spiro atoms. The van der Waals surface area contributed by atoms with Crippen LogP contribution in [0.1, 0.15) is 42.5 Å². The number of nitrogens with one attached hydrogen (secondary N) is 3. The molecular weight excluding hydrogens is 586 g/mol. The molecule has 4 N–H and O–H groups in total. The van der Waals surface area contributed by atoms with Crippen molar-refractivity contribution in [3.8, 4) is 5.88 Å². The minimum Gasteiger partial charge on any atom is -0.494 e. The zero-order valence-electron chi connectivity index (χ0n) is 24.8. The Morgan fingerprint density at radius 2 is 1.51 bits per heavy atom. The van der Waals surface area contributed by atoms with Crippen LogP contribution >= 0.6 is 11.8 Å². The lowest BCUT2D eigenvalue weighted by molar-refractivity contribution is -0.121. The Morgan fingerprint density at radius 1 is 0.884 bits per heavy atom. The number of carbonyl (C=O) groups excluding carboxylic acids is 3. The second kappa shape index (κ2) is 18.0. The SMILES string of the molecule is Cn1c(O)c(C(=O)CCOCCOCCOCCOCCNC(=O)CCCC[C@@H]2SC[C@@H]3NC(=O)N[C@@H]32)c(=O)n(C)c1=O. The Kier molecular flexibility index (Phi) is 14.5. The maximum absolute atomic E-state index is 12.3. The van der Waals surface area contributed by atoms with Gasteiger partial charge in [0.2, 0.25) is 11.8 Å². The number of hydrogen-bond acceptors (Lipinski definition) is 11. The molecule has 2 aliphatic heterocycles. The highest BCUT2D eigenvalue weighted by atomic mass is 32.2. The number of hydrogen-bond donors (Lipinski definition) is 4. The third kappa shape index (κ3) is 10.6. The number of aromatic hydroxyl groups is 1. The number of rotatable bonds is 21. The molecule has 3 atom stereocenters. The summed E-state index contributed by atoms with van der Waals surface area (Å²) in [5.74, 6) is -0.322. The maximum Gasteiger partial charge on any atom is 0.333 e. The number of unbranched alkanes of at least 4 members (excludes halogenated alkanes) is 1. The van der Waals surface area contributed by atoms with Crippen molar-refractivity contribution in [2.24, 2.45) is 14.1 Å². The van der Waals surface area contributed by atoms with E-state index >= 15 is 0 Å². The van der Waals surface area contributed by atoms with E-state index < -0.39 is 28.5 Å². The van der Waals surface area contributed by atoms with Gasteiger partial charge in [-0.2, -0.15) is 11.8 Å². The topological polar surface area (TPSA) is 188 Å². The summed E-state index contributed by atoms with van der Waals surface area (Å²) in [4.78, 5) is 59.7. The monoisotopic (exact) mass is 629 g/mol. The molecule has 1 aromatic heterocycles. The third-order valence-corrected chi connectivity index (χ3v) is 8.66. The van der Waals surface area contributed by atoms with E-state index in [1.54, 1.807) is 0 Å². The fraction of sp³-hybridized carbons (Fsp3) is 0.741. The van der Waals surface area contributed by atoms with Crippen molar-refractivity contribution in [3.05, 3.63) is 26.4 Å². The molecule has 242 valence electrons. The predicted molar refractivity (Wildman–Crippen MR) is 158 cm³/mol. The molecule has 2 aliphatic rings. The van der Waals surface area contributed by atoms with Crippen LogP contribution in [0.2, 0.25) is 0 Å². The van der Waals surface area contributed by atoms with Crippen LogP contribution in [0.5, 0.6) is 5.88 Å². The molecule has 2 saturated heterocycles. The highest BCUT2D eigenvalue weighted by molar-refractivity contribution is 8.00. The first-order valence-electron chi connectivity index (χ1n) is 14.5. The molecule has 3 amide bonds. The summed E-state index contributed by atoms with van der Waals surface area (Å²) in [6.45, 7) is 2.91. The van der Waals surface area contributed by atoms with Gasteiger partial charge in [-0.25, -0.2) is 9.59 Å². The number of amides is 3. The van der Waals surface area contributed by atoms with Crippen molar-refractivity contribution in [3.63, 3.8) is 0 Å². The van der Waals surface area contributed by atoms with Crippen molar-refractivity contribution >= 4 is 29.5 Å². The van der Waals surface area contributed by atoms with Crippen molar-refractivity contribution in [1.82, 2.24) is 25.1 Å². The molecule has 15 nitrogen and oxygen atoms in total. The Morgan fingerprint density at radius 3 is 2.19 bits per heavy atom. The number of ether oxygens (including phenoxy) is 4. The summed E-state index contributed by atoms with van der Waals surface area (Å²) >= 11 is 1.88. The number of urea groups is 1. The lowest BCUT2D eigenvalue weighted by atomic mass is 10.0. The summed E-state index contributed by atoms with van der Waals surface area (Å²) in [6.07, 6.45) is 3.10. The van der Waals surface area contributed by atoms with Crippen molar-refractivity contribution in [2.75, 3.05) is 65.2 Å². The molecule has 0 saturated carbocycles. The minimum absolute atomic E-state index is 0.00902. The molecule has 0 bridgehead atoms. The van der Waals surface area contributed by atoms with Gasteiger partial charge in [0.15, 0.2) is 5.78 Å². The summed E-state index contributed by atoms with van der Waals surface area (Å²) < 4.78 is 23.2. The van der Waals surface area contributed by atoms with Crippen LogP contribution in [0.15, 0.2) is 9.59 Å². The van der Waals surface area contributed by atoms with Gasteiger partial charge >= 0.3 is 11.7 Å². The summed E-state index contributed by atoms with van der Waals surface area (Å²) in [5.41, 5.74) is -2.00. The summed E-state index contributed by atoms with van der Waals surface area (Å²) in [5, 5.41) is 19.2. The van der Waals surface area contributed by atoms with Crippen LogP contribution in [0.25, 0.3) is 0 Å². The quantitative estimate of drug-likeness (QED) is 0.0763. The van der Waals surface area contributed by atoms with Gasteiger partial charge in [0.1, 0.15) is 5.56 Å². The Balaban J connectivity index is 1.07. The van der Waals surface area contributed by atoms with Crippen LogP contribution in [0.4, 0.5) is 4.79 Å². The molecule has 0 unspecified atom stereocenters. The number of thioether (sulfide) groups is 1. The van der Waals surface area contributed by atoms with E-state index in [-0.39, 0.29) is 50.3 Å². The lowest BCUT2D eigenvalue weighted by Gasteiger charge is -2.16. The van der Waals surface area contributed by atoms with Gasteiger partial charge in [-0.3, -0.25) is 23.5 Å². The van der Waals surface area contributed by atoms with Crippen LogP contribution in [-0.4, -0.2) is 114 Å². The molecule has 3 heterocycles. The van der Waals surface area contributed by atoms with Gasteiger partial charge < -0.3 is 40.0 Å². The van der Waals surface area contributed by atoms with Crippen LogP contribution in [-0.2, 0) is 37.8 Å². The minimum atomic E-state index is -0.846. The first kappa shape index (κ1) is 34.6. The predicted octanol–water partition coefficient (Wildman–Crippen LogP) is -0.729. The fourth-order valence-corrected chi connectivity index (χ4v) is 6.30. The maximum atomic E-state index is 12.3. The summed E-state index contributed by atoms with van der Waals surface area (Å²) in [6, 6.07) is 0.355. The molecule has 0 aliphatic carbocycles. The Bertz CT molecular complexity index is 1210. The van der Waals surface area contributed by atoms with E-state index in [1.807, 2.05) is 11.8 Å². The van der Waals surface area contributed by atoms with Crippen molar-refractivity contribution in [2.45, 2.75) is 49.4 Å². The first-order valence-corrected chi connectivity index (χ1v) is 15.5. The van der Waals surface area contributed by atoms with E-state index in [2.05, 4.69) is 16.0 Å². The van der Waals surface area contributed by atoms with Crippen molar-refractivity contribution < 1.29 is 38.4 Å². The van der Waals surface area contributed by atoms with Gasteiger partial charge in [-0.1, -0.05) is 6.42 Å². The van der Waals surface area contributed by atoms with Gasteiger partial charge in [-0.15, -0.1) is 0 Å². The van der Waals surface area contributed by atoms with E-state index in [4.69, 9.17) is 18.9 Å². The third-order valence-electron chi connectivity index (χ3n) is 7.15. The molecule has 0 aromatic carbocycles. The smallest absolute Gasteiger partial charge is 0.333 e. The number of aromatic nitrogens is 2. The van der Waals surface area contributed by atoms with E-state index in [0.29, 0.717) is 51.2 Å². The second-order valence-electron chi connectivity index (χ2n) is 10.2. The number of Topliss-reactive ketones (excluding diaryl/α,β-unsaturated/α-hetero) is 1. The number of fused-ring (bicyclic) bond motifs is 1. The zero-order valence-corrected chi connectivity index (χ0v) is 25.6. The Labute approximate surface area is 254 Å². The molecule has 43 heavy (non-hydrogen) atoms. The average Bonchev–Trinajstić information content (AvgIpc) is 3.54. The van der Waals surface area contributed by atoms with Gasteiger partial charge in [0, 0.05) is 44.5 Å². The molecule has 16 heteroatoms. The number of carbonyl (C=O) groups is 3.